The van der Waals surface area contributed by atoms with Gasteiger partial charge in [-0.25, -0.2) is 9.97 Å². The number of carbonyl (C=O) groups excluding carboxylic acids is 1. The summed E-state index contributed by atoms with van der Waals surface area (Å²) >= 11 is 0. The van der Waals surface area contributed by atoms with E-state index in [1.54, 1.807) is 42.8 Å². The van der Waals surface area contributed by atoms with Crippen molar-refractivity contribution in [3.8, 4) is 11.3 Å². The molecule has 148 valence electrons. The topological polar surface area (TPSA) is 118 Å². The van der Waals surface area contributed by atoms with Crippen LogP contribution in [0, 0.1) is 0 Å². The van der Waals surface area contributed by atoms with Crippen LogP contribution < -0.4 is 5.56 Å². The fourth-order valence-corrected chi connectivity index (χ4v) is 3.21. The lowest BCUT2D eigenvalue weighted by molar-refractivity contribution is -0.122. The second-order valence-electron chi connectivity index (χ2n) is 6.27. The van der Waals surface area contributed by atoms with Gasteiger partial charge in [-0.3, -0.25) is 19.4 Å². The highest BCUT2D eigenvalue weighted by Gasteiger charge is 2.26. The van der Waals surface area contributed by atoms with E-state index in [0.29, 0.717) is 25.2 Å². The van der Waals surface area contributed by atoms with Crippen molar-refractivity contribution in [3.05, 3.63) is 76.4 Å². The van der Waals surface area contributed by atoms with Crippen LogP contribution in [-0.4, -0.2) is 48.4 Å². The van der Waals surface area contributed by atoms with E-state index in [9.17, 15) is 9.59 Å². The molecule has 1 aliphatic rings. The van der Waals surface area contributed by atoms with Gasteiger partial charge >= 0.3 is 0 Å². The Bertz CT molecular complexity index is 1080. The van der Waals surface area contributed by atoms with Gasteiger partial charge in [0.05, 0.1) is 11.4 Å². The van der Waals surface area contributed by atoms with E-state index in [1.165, 1.54) is 10.6 Å². The van der Waals surface area contributed by atoms with Crippen molar-refractivity contribution in [3.63, 3.8) is 0 Å². The van der Waals surface area contributed by atoms with E-state index in [4.69, 9.17) is 9.90 Å². The van der Waals surface area contributed by atoms with Crippen LogP contribution in [0.2, 0.25) is 0 Å². The molecule has 4 heterocycles. The van der Waals surface area contributed by atoms with Crippen LogP contribution in [0.5, 0.6) is 0 Å². The van der Waals surface area contributed by atoms with Crippen LogP contribution in [0.3, 0.4) is 0 Å². The SMILES string of the molecule is Cn1c(C(=O)N2CCc3ncnc(-c4ccncc4)c3C2)cccc1=O.O=CO. The van der Waals surface area contributed by atoms with E-state index < -0.39 is 0 Å². The number of fused-ring (bicyclic) bond motifs is 1. The molecule has 9 heteroatoms. The minimum Gasteiger partial charge on any atom is -0.483 e. The summed E-state index contributed by atoms with van der Waals surface area (Å²) in [6, 6.07) is 8.51. The number of nitrogens with zero attached hydrogens (tertiary/aromatic N) is 5. The Morgan fingerprint density at radius 3 is 2.62 bits per heavy atom. The number of pyridine rings is 2. The quantitative estimate of drug-likeness (QED) is 0.649. The Morgan fingerprint density at radius 1 is 1.17 bits per heavy atom. The summed E-state index contributed by atoms with van der Waals surface area (Å²) in [6.07, 6.45) is 5.65. The molecule has 0 fully saturated rings. The summed E-state index contributed by atoms with van der Waals surface area (Å²) in [5, 5.41) is 6.89. The first kappa shape index (κ1) is 19.9. The third kappa shape index (κ3) is 4.18. The number of rotatable bonds is 2. The van der Waals surface area contributed by atoms with Gasteiger partial charge in [-0.2, -0.15) is 0 Å². The maximum atomic E-state index is 12.9. The first-order valence-electron chi connectivity index (χ1n) is 8.83. The third-order valence-electron chi connectivity index (χ3n) is 4.65. The van der Waals surface area contributed by atoms with E-state index in [-0.39, 0.29) is 17.9 Å². The van der Waals surface area contributed by atoms with Crippen LogP contribution in [0.15, 0.2) is 53.8 Å². The van der Waals surface area contributed by atoms with Gasteiger partial charge in [-0.05, 0) is 18.2 Å². The Kier molecular flexibility index (Phi) is 6.08. The smallest absolute Gasteiger partial charge is 0.290 e. The van der Waals surface area contributed by atoms with Gasteiger partial charge < -0.3 is 14.6 Å². The van der Waals surface area contributed by atoms with Crippen molar-refractivity contribution < 1.29 is 14.7 Å². The van der Waals surface area contributed by atoms with Gasteiger partial charge in [-0.1, -0.05) is 6.07 Å². The summed E-state index contributed by atoms with van der Waals surface area (Å²) in [5.74, 6) is -0.166. The van der Waals surface area contributed by atoms with Crippen LogP contribution in [-0.2, 0) is 24.8 Å². The second-order valence-corrected chi connectivity index (χ2v) is 6.27. The molecule has 0 saturated heterocycles. The second kappa shape index (κ2) is 8.87. The normalized spacial score (nSPS) is 12.4. The molecule has 0 unspecified atom stereocenters. The van der Waals surface area contributed by atoms with E-state index in [0.717, 1.165) is 22.5 Å². The minimum atomic E-state index is -0.250. The van der Waals surface area contributed by atoms with Gasteiger partial charge in [-0.15, -0.1) is 0 Å². The zero-order valence-corrected chi connectivity index (χ0v) is 15.7. The zero-order chi connectivity index (χ0) is 20.8. The van der Waals surface area contributed by atoms with Gasteiger partial charge in [0.2, 0.25) is 0 Å². The number of carbonyl (C=O) groups is 2. The molecule has 4 rings (SSSR count). The molecule has 1 N–H and O–H groups in total. The van der Waals surface area contributed by atoms with Crippen molar-refractivity contribution in [1.29, 1.82) is 0 Å². The number of carboxylic acid groups (broad SMARTS) is 1. The largest absolute Gasteiger partial charge is 0.483 e. The molecule has 0 saturated carbocycles. The van der Waals surface area contributed by atoms with Gasteiger partial charge in [0.15, 0.2) is 0 Å². The summed E-state index contributed by atoms with van der Waals surface area (Å²) in [5.41, 5.74) is 3.84. The Morgan fingerprint density at radius 2 is 1.90 bits per heavy atom. The number of aromatic nitrogens is 4. The fourth-order valence-electron chi connectivity index (χ4n) is 3.21. The predicted octanol–water partition coefficient (Wildman–Crippen LogP) is 1.14. The standard InChI is InChI=1S/C19H17N5O2.CH2O2/c1-23-16(3-2-4-17(23)25)19(26)24-10-7-15-14(11-24)18(22-12-21-15)13-5-8-20-9-6-13;2-1-3/h2-6,8-9,12H,7,10-11H2,1H3;1H,(H,2,3). The van der Waals surface area contributed by atoms with Crippen LogP contribution in [0.1, 0.15) is 21.7 Å². The van der Waals surface area contributed by atoms with Crippen LogP contribution >= 0.6 is 0 Å². The first-order valence-corrected chi connectivity index (χ1v) is 8.83. The number of amides is 1. The molecule has 3 aromatic rings. The lowest BCUT2D eigenvalue weighted by Crippen LogP contribution is -2.39. The summed E-state index contributed by atoms with van der Waals surface area (Å²) in [7, 11) is 1.61. The predicted molar refractivity (Wildman–Crippen MR) is 104 cm³/mol. The van der Waals surface area contributed by atoms with Gasteiger partial charge in [0, 0.05) is 56.1 Å². The fraction of sp³-hybridized carbons (Fsp3) is 0.200. The highest BCUT2D eigenvalue weighted by atomic mass is 16.3. The summed E-state index contributed by atoms with van der Waals surface area (Å²) in [6.45, 7) is 0.720. The summed E-state index contributed by atoms with van der Waals surface area (Å²) < 4.78 is 1.38. The molecule has 0 radical (unpaired) electrons. The Hall–Kier alpha value is -3.88. The van der Waals surface area contributed by atoms with E-state index >= 15 is 0 Å². The number of hydrogen-bond donors (Lipinski definition) is 1. The average molecular weight is 393 g/mol. The van der Waals surface area contributed by atoms with E-state index in [1.807, 2.05) is 12.1 Å². The monoisotopic (exact) mass is 393 g/mol. The summed E-state index contributed by atoms with van der Waals surface area (Å²) in [4.78, 5) is 47.7. The molecule has 1 amide bonds. The first-order chi connectivity index (χ1) is 14.1. The Balaban J connectivity index is 0.000000755. The maximum Gasteiger partial charge on any atom is 0.290 e. The van der Waals surface area contributed by atoms with Crippen LogP contribution in [0.25, 0.3) is 11.3 Å². The third-order valence-corrected chi connectivity index (χ3v) is 4.65. The molecule has 1 aliphatic heterocycles. The minimum absolute atomic E-state index is 0.166. The molecule has 0 bridgehead atoms. The molecule has 0 spiro atoms. The lowest BCUT2D eigenvalue weighted by atomic mass is 9.99. The molecule has 9 nitrogen and oxygen atoms in total. The molecular formula is C20H19N5O4. The molecule has 3 aromatic heterocycles. The lowest BCUT2D eigenvalue weighted by Gasteiger charge is -2.29. The van der Waals surface area contributed by atoms with Gasteiger partial charge in [0.1, 0.15) is 12.0 Å². The maximum absolute atomic E-state index is 12.9. The average Bonchev–Trinajstić information content (AvgIpc) is 2.75. The molecule has 0 aliphatic carbocycles. The highest BCUT2D eigenvalue weighted by Crippen LogP contribution is 2.27. The highest BCUT2D eigenvalue weighted by molar-refractivity contribution is 5.92. The van der Waals surface area contributed by atoms with E-state index in [2.05, 4.69) is 15.0 Å². The molecule has 29 heavy (non-hydrogen) atoms. The van der Waals surface area contributed by atoms with Crippen LogP contribution in [0.4, 0.5) is 0 Å². The molecular weight excluding hydrogens is 374 g/mol. The van der Waals surface area contributed by atoms with Crippen molar-refractivity contribution in [2.75, 3.05) is 6.54 Å². The van der Waals surface area contributed by atoms with Crippen molar-refractivity contribution in [2.24, 2.45) is 7.05 Å². The van der Waals surface area contributed by atoms with Crippen molar-refractivity contribution in [2.45, 2.75) is 13.0 Å². The number of hydrogen-bond acceptors (Lipinski definition) is 6. The zero-order valence-electron chi connectivity index (χ0n) is 15.7. The van der Waals surface area contributed by atoms with Crippen molar-refractivity contribution in [1.82, 2.24) is 24.4 Å². The van der Waals surface area contributed by atoms with Crippen molar-refractivity contribution >= 4 is 12.4 Å². The van der Waals surface area contributed by atoms with Gasteiger partial charge in [0.25, 0.3) is 17.9 Å². The molecule has 0 aromatic carbocycles. The Labute approximate surface area is 166 Å². The molecule has 0 atom stereocenters.